The molecule has 3 saturated carbocycles. The molecule has 0 bridgehead atoms. The van der Waals surface area contributed by atoms with E-state index in [-0.39, 0.29) is 0 Å². The second kappa shape index (κ2) is 16.6. The third-order valence-corrected chi connectivity index (χ3v) is 9.15. The molecule has 3 fully saturated rings. The molecule has 3 rings (SSSR count). The van der Waals surface area contributed by atoms with Gasteiger partial charge in [0.1, 0.15) is 0 Å². The average molecular weight is 432 g/mol. The lowest BCUT2D eigenvalue weighted by molar-refractivity contribution is 0.226. The van der Waals surface area contributed by atoms with Crippen LogP contribution in [0.15, 0.2) is 0 Å². The number of rotatable bonds is 3. The maximum absolute atomic E-state index is 4.21. The van der Waals surface area contributed by atoms with Crippen LogP contribution in [0.3, 0.4) is 0 Å². The first-order chi connectivity index (χ1) is 15.4. The Morgan fingerprint density at radius 3 is 0.903 bits per heavy atom. The second-order valence-electron chi connectivity index (χ2n) is 11.8. The molecule has 182 valence electrons. The summed E-state index contributed by atoms with van der Waals surface area (Å²) in [5.74, 6) is 2.10. The van der Waals surface area contributed by atoms with E-state index < -0.39 is 0 Å². The van der Waals surface area contributed by atoms with Gasteiger partial charge >= 0.3 is 0 Å². The largest absolute Gasteiger partial charge is 0.311 e. The first kappa shape index (κ1) is 25.6. The highest BCUT2D eigenvalue weighted by Crippen LogP contribution is 2.34. The van der Waals surface area contributed by atoms with Gasteiger partial charge in [-0.2, -0.15) is 0 Å². The Balaban J connectivity index is 1.51. The monoisotopic (exact) mass is 431 g/mol. The smallest absolute Gasteiger partial charge is 0.00696 e. The predicted octanol–water partition coefficient (Wildman–Crippen LogP) is 9.73. The van der Waals surface area contributed by atoms with Crippen molar-refractivity contribution in [3.8, 4) is 0 Å². The van der Waals surface area contributed by atoms with Crippen molar-refractivity contribution >= 4 is 0 Å². The van der Waals surface area contributed by atoms with Gasteiger partial charge in [0.25, 0.3) is 0 Å². The summed E-state index contributed by atoms with van der Waals surface area (Å²) in [5.41, 5.74) is 0. The highest BCUT2D eigenvalue weighted by atomic mass is 14.9. The molecule has 0 aromatic heterocycles. The van der Waals surface area contributed by atoms with Crippen LogP contribution in [0, 0.1) is 11.8 Å². The molecular formula is C30H57N. The van der Waals surface area contributed by atoms with Crippen LogP contribution < -0.4 is 5.32 Å². The van der Waals surface area contributed by atoms with Crippen LogP contribution in [-0.4, -0.2) is 12.1 Å². The minimum atomic E-state index is 0.813. The molecule has 0 amide bonds. The summed E-state index contributed by atoms with van der Waals surface area (Å²) in [5, 5.41) is 4.21. The lowest BCUT2D eigenvalue weighted by Crippen LogP contribution is -2.39. The van der Waals surface area contributed by atoms with E-state index in [1.807, 2.05) is 0 Å². The zero-order chi connectivity index (χ0) is 21.4. The summed E-state index contributed by atoms with van der Waals surface area (Å²) >= 11 is 0. The topological polar surface area (TPSA) is 12.0 Å². The molecule has 31 heavy (non-hydrogen) atoms. The number of hydrogen-bond donors (Lipinski definition) is 1. The maximum atomic E-state index is 4.21. The van der Waals surface area contributed by atoms with Crippen molar-refractivity contribution < 1.29 is 0 Å². The zero-order valence-electron chi connectivity index (χ0n) is 21.2. The van der Waals surface area contributed by atoms with Gasteiger partial charge in [-0.05, 0) is 37.5 Å². The van der Waals surface area contributed by atoms with E-state index in [1.54, 1.807) is 19.3 Å². The third-order valence-electron chi connectivity index (χ3n) is 9.15. The highest BCUT2D eigenvalue weighted by molar-refractivity contribution is 4.79. The normalized spacial score (nSPS) is 31.0. The number of nitrogens with one attached hydrogen (secondary N) is 1. The maximum Gasteiger partial charge on any atom is 0.00696 e. The van der Waals surface area contributed by atoms with E-state index in [1.165, 1.54) is 148 Å². The predicted molar refractivity (Wildman–Crippen MR) is 138 cm³/mol. The number of hydrogen-bond acceptors (Lipinski definition) is 1. The molecule has 1 heteroatoms. The van der Waals surface area contributed by atoms with Crippen molar-refractivity contribution in [1.82, 2.24) is 5.32 Å². The lowest BCUT2D eigenvalue weighted by Gasteiger charge is -2.31. The van der Waals surface area contributed by atoms with Gasteiger partial charge in [-0.25, -0.2) is 0 Å². The Hall–Kier alpha value is -0.0400. The molecule has 0 saturated heterocycles. The third kappa shape index (κ3) is 11.1. The summed E-state index contributed by atoms with van der Waals surface area (Å²) in [6, 6.07) is 1.64. The first-order valence-corrected chi connectivity index (χ1v) is 15.2. The summed E-state index contributed by atoms with van der Waals surface area (Å²) < 4.78 is 0. The Labute approximate surface area is 196 Å². The van der Waals surface area contributed by atoms with Gasteiger partial charge in [0.05, 0.1) is 0 Å². The van der Waals surface area contributed by atoms with Crippen molar-refractivity contribution in [1.29, 1.82) is 0 Å². The fraction of sp³-hybridized carbons (Fsp3) is 1.00. The molecule has 0 aromatic rings. The lowest BCUT2D eigenvalue weighted by atomic mass is 9.77. The Morgan fingerprint density at radius 1 is 0.258 bits per heavy atom. The Bertz CT molecular complexity index is 401. The molecule has 1 nitrogen and oxygen atoms in total. The molecule has 0 radical (unpaired) electrons. The van der Waals surface area contributed by atoms with Crippen molar-refractivity contribution in [3.63, 3.8) is 0 Å². The van der Waals surface area contributed by atoms with Crippen molar-refractivity contribution in [2.24, 2.45) is 11.8 Å². The van der Waals surface area contributed by atoms with E-state index >= 15 is 0 Å². The van der Waals surface area contributed by atoms with Crippen molar-refractivity contribution in [3.05, 3.63) is 0 Å². The summed E-state index contributed by atoms with van der Waals surface area (Å²) in [4.78, 5) is 0. The molecule has 3 aliphatic rings. The first-order valence-electron chi connectivity index (χ1n) is 15.2. The Morgan fingerprint density at radius 2 is 0.516 bits per heavy atom. The summed E-state index contributed by atoms with van der Waals surface area (Å²) in [6.45, 7) is 0. The summed E-state index contributed by atoms with van der Waals surface area (Å²) in [7, 11) is 0. The van der Waals surface area contributed by atoms with Crippen LogP contribution in [0.5, 0.6) is 0 Å². The molecule has 0 aliphatic heterocycles. The van der Waals surface area contributed by atoms with Crippen LogP contribution in [0.1, 0.15) is 167 Å². The van der Waals surface area contributed by atoms with Crippen LogP contribution in [-0.2, 0) is 0 Å². The van der Waals surface area contributed by atoms with Crippen LogP contribution in [0.4, 0.5) is 0 Å². The minimum Gasteiger partial charge on any atom is -0.311 e. The van der Waals surface area contributed by atoms with E-state index in [4.69, 9.17) is 0 Å². The molecule has 0 spiro atoms. The molecule has 0 aromatic carbocycles. The van der Waals surface area contributed by atoms with E-state index in [0.717, 1.165) is 23.9 Å². The molecule has 2 unspecified atom stereocenters. The molecule has 1 N–H and O–H groups in total. The van der Waals surface area contributed by atoms with Gasteiger partial charge < -0.3 is 5.32 Å². The van der Waals surface area contributed by atoms with Gasteiger partial charge in [0.15, 0.2) is 0 Å². The average Bonchev–Trinajstić information content (AvgIpc) is 2.75. The van der Waals surface area contributed by atoms with Gasteiger partial charge in [-0.1, -0.05) is 141 Å². The van der Waals surface area contributed by atoms with Crippen LogP contribution in [0.2, 0.25) is 0 Å². The highest BCUT2D eigenvalue weighted by Gasteiger charge is 2.23. The van der Waals surface area contributed by atoms with Gasteiger partial charge in [-0.3, -0.25) is 0 Å². The molecule has 0 heterocycles. The van der Waals surface area contributed by atoms with Crippen molar-refractivity contribution in [2.75, 3.05) is 0 Å². The molecule has 2 atom stereocenters. The van der Waals surface area contributed by atoms with Gasteiger partial charge in [0, 0.05) is 12.1 Å². The van der Waals surface area contributed by atoms with Gasteiger partial charge in [-0.15, -0.1) is 0 Å². The summed E-state index contributed by atoms with van der Waals surface area (Å²) in [6.07, 6.45) is 38.9. The molecule has 3 aliphatic carbocycles. The SMILES string of the molecule is C1CCCCC(C2CCCCCCCC(NC3CCCCCCC3)CCC2)CCCC1. The van der Waals surface area contributed by atoms with E-state index in [9.17, 15) is 0 Å². The van der Waals surface area contributed by atoms with Crippen molar-refractivity contribution in [2.45, 2.75) is 179 Å². The quantitative estimate of drug-likeness (QED) is 0.469. The van der Waals surface area contributed by atoms with Crippen LogP contribution >= 0.6 is 0 Å². The Kier molecular flexibility index (Phi) is 13.7. The van der Waals surface area contributed by atoms with E-state index in [2.05, 4.69) is 5.32 Å². The fourth-order valence-electron chi connectivity index (χ4n) is 7.15. The second-order valence-corrected chi connectivity index (χ2v) is 11.8. The van der Waals surface area contributed by atoms with E-state index in [0.29, 0.717) is 0 Å². The zero-order valence-corrected chi connectivity index (χ0v) is 21.2. The minimum absolute atomic E-state index is 0.813. The van der Waals surface area contributed by atoms with Gasteiger partial charge in [0.2, 0.25) is 0 Å². The fourth-order valence-corrected chi connectivity index (χ4v) is 7.15. The standard InChI is InChI=1S/C30H57N/c1-2-6-12-19-27(20-13-7-3-1)28-21-14-8-4-9-17-25-30(26-18-22-28)31-29-23-15-10-5-11-16-24-29/h27-31H,1-26H2. The molecular weight excluding hydrogens is 374 g/mol. The van der Waals surface area contributed by atoms with Crippen LogP contribution in [0.25, 0.3) is 0 Å².